The van der Waals surface area contributed by atoms with Crippen LogP contribution in [-0.4, -0.2) is 10.9 Å². The van der Waals surface area contributed by atoms with E-state index in [0.717, 1.165) is 16.1 Å². The molecule has 0 amide bonds. The number of nitrogens with zero attached hydrogens (tertiary/aromatic N) is 1. The zero-order valence-electron chi connectivity index (χ0n) is 10.6. The lowest BCUT2D eigenvalue weighted by atomic mass is 10.2. The van der Waals surface area contributed by atoms with Gasteiger partial charge in [-0.15, -0.1) is 0 Å². The minimum atomic E-state index is -0.648. The predicted molar refractivity (Wildman–Crippen MR) is 81.4 cm³/mol. The molecule has 2 aromatic rings. The molecule has 0 heterocycles. The van der Waals surface area contributed by atoms with Gasteiger partial charge in [-0.3, -0.25) is 10.1 Å². The molecule has 0 saturated carbocycles. The highest BCUT2D eigenvalue weighted by Gasteiger charge is 2.17. The number of ether oxygens (including phenoxy) is 1. The number of hydrogen-bond donors (Lipinski definition) is 0. The van der Waals surface area contributed by atoms with Crippen LogP contribution in [0.15, 0.2) is 46.9 Å². The minimum absolute atomic E-state index is 0.0256. The third kappa shape index (κ3) is 3.80. The van der Waals surface area contributed by atoms with E-state index in [1.54, 1.807) is 0 Å². The van der Waals surface area contributed by atoms with Gasteiger partial charge in [-0.2, -0.15) is 0 Å². The van der Waals surface area contributed by atoms with Crippen molar-refractivity contribution in [2.45, 2.75) is 6.61 Å². The highest BCUT2D eigenvalue weighted by molar-refractivity contribution is 9.10. The predicted octanol–water partition coefficient (Wildman–Crippen LogP) is 4.37. The molecule has 0 aliphatic carbocycles. The van der Waals surface area contributed by atoms with Gasteiger partial charge in [0.2, 0.25) is 0 Å². The van der Waals surface area contributed by atoms with Crippen molar-refractivity contribution in [3.05, 3.63) is 73.2 Å². The standard InChI is InChI=1S/C14H9BrClNO4/c15-11-4-2-1-3-10(11)8-21-14(18)9-5-6-12(16)13(7-9)17(19)20/h1-7H,8H2. The molecule has 2 aromatic carbocycles. The molecule has 0 bridgehead atoms. The van der Waals surface area contributed by atoms with E-state index in [2.05, 4.69) is 15.9 Å². The molecule has 0 fully saturated rings. The first-order valence-electron chi connectivity index (χ1n) is 5.83. The summed E-state index contributed by atoms with van der Waals surface area (Å²) in [5.41, 5.74) is 0.555. The van der Waals surface area contributed by atoms with Crippen LogP contribution in [0.5, 0.6) is 0 Å². The van der Waals surface area contributed by atoms with Crippen molar-refractivity contribution < 1.29 is 14.5 Å². The second kappa shape index (κ2) is 6.69. The van der Waals surface area contributed by atoms with Crippen LogP contribution in [0.4, 0.5) is 5.69 Å². The molecule has 0 atom stereocenters. The monoisotopic (exact) mass is 369 g/mol. The Morgan fingerprint density at radius 3 is 2.67 bits per heavy atom. The molecule has 5 nitrogen and oxygen atoms in total. The van der Waals surface area contributed by atoms with E-state index in [0.29, 0.717) is 0 Å². The summed E-state index contributed by atoms with van der Waals surface area (Å²) in [6.45, 7) is 0.0662. The van der Waals surface area contributed by atoms with Crippen molar-refractivity contribution >= 4 is 39.2 Å². The van der Waals surface area contributed by atoms with E-state index in [4.69, 9.17) is 16.3 Å². The first kappa shape index (κ1) is 15.5. The van der Waals surface area contributed by atoms with Gasteiger partial charge in [0.05, 0.1) is 10.5 Å². The van der Waals surface area contributed by atoms with Gasteiger partial charge in [-0.05, 0) is 18.2 Å². The highest BCUT2D eigenvalue weighted by atomic mass is 79.9. The van der Waals surface area contributed by atoms with Crippen LogP contribution in [-0.2, 0) is 11.3 Å². The number of nitro benzene ring substituents is 1. The van der Waals surface area contributed by atoms with Gasteiger partial charge in [0, 0.05) is 16.1 Å². The zero-order valence-corrected chi connectivity index (χ0v) is 12.9. The Hall–Kier alpha value is -1.92. The molecule has 7 heteroatoms. The summed E-state index contributed by atoms with van der Waals surface area (Å²) in [4.78, 5) is 22.0. The van der Waals surface area contributed by atoms with E-state index < -0.39 is 10.9 Å². The summed E-state index contributed by atoms with van der Waals surface area (Å²) in [7, 11) is 0. The lowest BCUT2D eigenvalue weighted by Crippen LogP contribution is -2.06. The lowest BCUT2D eigenvalue weighted by Gasteiger charge is -2.07. The minimum Gasteiger partial charge on any atom is -0.457 e. The molecule has 0 radical (unpaired) electrons. The molecule has 108 valence electrons. The molecule has 0 unspecified atom stereocenters. The molecule has 0 N–H and O–H groups in total. The number of nitro groups is 1. The summed E-state index contributed by atoms with van der Waals surface area (Å²) < 4.78 is 5.95. The Morgan fingerprint density at radius 2 is 2.00 bits per heavy atom. The van der Waals surface area contributed by atoms with E-state index in [1.165, 1.54) is 12.1 Å². The topological polar surface area (TPSA) is 69.4 Å². The van der Waals surface area contributed by atoms with Crippen molar-refractivity contribution in [2.24, 2.45) is 0 Å². The second-order valence-corrected chi connectivity index (χ2v) is 5.35. The van der Waals surface area contributed by atoms with Crippen molar-refractivity contribution in [2.75, 3.05) is 0 Å². The zero-order chi connectivity index (χ0) is 15.4. The average Bonchev–Trinajstić information content (AvgIpc) is 2.46. The first-order chi connectivity index (χ1) is 9.99. The van der Waals surface area contributed by atoms with Crippen molar-refractivity contribution in [3.63, 3.8) is 0 Å². The summed E-state index contributed by atoms with van der Waals surface area (Å²) >= 11 is 9.03. The van der Waals surface area contributed by atoms with E-state index in [-0.39, 0.29) is 22.9 Å². The number of rotatable bonds is 4. The Kier molecular flexibility index (Phi) is 4.93. The van der Waals surface area contributed by atoms with Crippen LogP contribution < -0.4 is 0 Å². The largest absolute Gasteiger partial charge is 0.457 e. The SMILES string of the molecule is O=C(OCc1ccccc1Br)c1ccc(Cl)c([N+](=O)[O-])c1. The summed E-state index contributed by atoms with van der Waals surface area (Å²) in [6.07, 6.45) is 0. The maximum atomic E-state index is 11.9. The van der Waals surface area contributed by atoms with Crippen LogP contribution in [0.25, 0.3) is 0 Å². The van der Waals surface area contributed by atoms with Gasteiger partial charge in [0.15, 0.2) is 0 Å². The summed E-state index contributed by atoms with van der Waals surface area (Å²) in [5, 5.41) is 10.8. The van der Waals surface area contributed by atoms with Gasteiger partial charge in [0.1, 0.15) is 11.6 Å². The quantitative estimate of drug-likeness (QED) is 0.455. The van der Waals surface area contributed by atoms with Crippen LogP contribution in [0.2, 0.25) is 5.02 Å². The van der Waals surface area contributed by atoms with Gasteiger partial charge in [-0.1, -0.05) is 45.7 Å². The van der Waals surface area contributed by atoms with Crippen LogP contribution in [0, 0.1) is 10.1 Å². The Labute approximate surface area is 133 Å². The maximum Gasteiger partial charge on any atom is 0.338 e. The molecule has 0 spiro atoms. The van der Waals surface area contributed by atoms with Crippen molar-refractivity contribution in [1.29, 1.82) is 0 Å². The molecule has 21 heavy (non-hydrogen) atoms. The smallest absolute Gasteiger partial charge is 0.338 e. The number of carbonyl (C=O) groups excluding carboxylic acids is 1. The maximum absolute atomic E-state index is 11.9. The van der Waals surface area contributed by atoms with E-state index in [9.17, 15) is 14.9 Å². The third-order valence-corrected chi connectivity index (χ3v) is 3.79. The number of carbonyl (C=O) groups is 1. The molecule has 0 aliphatic heterocycles. The summed E-state index contributed by atoms with van der Waals surface area (Å²) in [6, 6.07) is 11.1. The Bertz CT molecular complexity index is 705. The van der Waals surface area contributed by atoms with Crippen molar-refractivity contribution in [3.8, 4) is 0 Å². The number of hydrogen-bond acceptors (Lipinski definition) is 4. The molecule has 0 aromatic heterocycles. The average molecular weight is 371 g/mol. The summed E-state index contributed by atoms with van der Waals surface area (Å²) in [5.74, 6) is -0.648. The normalized spacial score (nSPS) is 10.2. The fourth-order valence-corrected chi connectivity index (χ4v) is 2.21. The first-order valence-corrected chi connectivity index (χ1v) is 7.00. The third-order valence-electron chi connectivity index (χ3n) is 2.70. The van der Waals surface area contributed by atoms with E-state index >= 15 is 0 Å². The van der Waals surface area contributed by atoms with Crippen LogP contribution in [0.3, 0.4) is 0 Å². The lowest BCUT2D eigenvalue weighted by molar-refractivity contribution is -0.384. The fraction of sp³-hybridized carbons (Fsp3) is 0.0714. The second-order valence-electron chi connectivity index (χ2n) is 4.09. The molecule has 2 rings (SSSR count). The van der Waals surface area contributed by atoms with E-state index in [1.807, 2.05) is 24.3 Å². The van der Waals surface area contributed by atoms with Gasteiger partial charge >= 0.3 is 5.97 Å². The van der Waals surface area contributed by atoms with Crippen molar-refractivity contribution in [1.82, 2.24) is 0 Å². The molecular weight excluding hydrogens is 362 g/mol. The van der Waals surface area contributed by atoms with Crippen LogP contribution >= 0.6 is 27.5 Å². The number of esters is 1. The van der Waals surface area contributed by atoms with Gasteiger partial charge < -0.3 is 4.74 Å². The number of benzene rings is 2. The highest BCUT2D eigenvalue weighted by Crippen LogP contribution is 2.25. The number of halogens is 2. The van der Waals surface area contributed by atoms with Gasteiger partial charge in [-0.25, -0.2) is 4.79 Å². The molecular formula is C14H9BrClNO4. The van der Waals surface area contributed by atoms with Gasteiger partial charge in [0.25, 0.3) is 5.69 Å². The fourth-order valence-electron chi connectivity index (χ4n) is 1.62. The Morgan fingerprint density at radius 1 is 1.29 bits per heavy atom. The molecule has 0 saturated heterocycles. The van der Waals surface area contributed by atoms with Crippen LogP contribution in [0.1, 0.15) is 15.9 Å². The molecule has 0 aliphatic rings. The Balaban J connectivity index is 2.12.